The zero-order chi connectivity index (χ0) is 17.9. The lowest BCUT2D eigenvalue weighted by atomic mass is 9.91. The van der Waals surface area contributed by atoms with Crippen molar-refractivity contribution in [2.24, 2.45) is 0 Å². The van der Waals surface area contributed by atoms with Gasteiger partial charge < -0.3 is 4.90 Å². The predicted molar refractivity (Wildman–Crippen MR) is 105 cm³/mol. The zero-order valence-electron chi connectivity index (χ0n) is 16.1. The van der Waals surface area contributed by atoms with E-state index in [2.05, 4.69) is 32.6 Å². The van der Waals surface area contributed by atoms with E-state index in [1.807, 2.05) is 31.0 Å². The fraction of sp³-hybridized carbons (Fsp3) is 0.591. The van der Waals surface area contributed by atoms with Crippen molar-refractivity contribution in [2.45, 2.75) is 71.6 Å². The van der Waals surface area contributed by atoms with Crippen molar-refractivity contribution >= 4 is 5.91 Å². The van der Waals surface area contributed by atoms with Crippen LogP contribution in [0.1, 0.15) is 86.2 Å². The van der Waals surface area contributed by atoms with Gasteiger partial charge in [-0.05, 0) is 37.3 Å². The van der Waals surface area contributed by atoms with Gasteiger partial charge in [-0.1, -0.05) is 69.7 Å². The molecule has 0 saturated heterocycles. The molecule has 1 aromatic rings. The van der Waals surface area contributed by atoms with E-state index in [0.717, 1.165) is 36.1 Å². The number of nitrogens with zero attached hydrogens (tertiary/aromatic N) is 1. The largest absolute Gasteiger partial charge is 0.342 e. The summed E-state index contributed by atoms with van der Waals surface area (Å²) in [5.74, 6) is 0.475. The van der Waals surface area contributed by atoms with Crippen molar-refractivity contribution in [1.29, 1.82) is 0 Å². The maximum atomic E-state index is 12.9. The van der Waals surface area contributed by atoms with Crippen LogP contribution in [0.25, 0.3) is 0 Å². The van der Waals surface area contributed by atoms with Crippen LogP contribution in [0.2, 0.25) is 0 Å². The van der Waals surface area contributed by atoms with Crippen molar-refractivity contribution < 1.29 is 4.79 Å². The molecule has 0 aliphatic rings. The summed E-state index contributed by atoms with van der Waals surface area (Å²) in [5, 5.41) is 0. The summed E-state index contributed by atoms with van der Waals surface area (Å²) in [4.78, 5) is 14.8. The van der Waals surface area contributed by atoms with Gasteiger partial charge in [0, 0.05) is 19.2 Å². The molecule has 24 heavy (non-hydrogen) atoms. The average molecular weight is 330 g/mol. The lowest BCUT2D eigenvalue weighted by Crippen LogP contribution is -2.29. The van der Waals surface area contributed by atoms with Crippen LogP contribution < -0.4 is 0 Å². The topological polar surface area (TPSA) is 20.3 Å². The maximum Gasteiger partial charge on any atom is 0.253 e. The van der Waals surface area contributed by atoms with E-state index < -0.39 is 0 Å². The minimum Gasteiger partial charge on any atom is -0.342 e. The van der Waals surface area contributed by atoms with E-state index in [1.165, 1.54) is 32.1 Å². The lowest BCUT2D eigenvalue weighted by Gasteiger charge is -2.21. The first-order valence-electron chi connectivity index (χ1n) is 9.48. The molecule has 0 unspecified atom stereocenters. The molecule has 0 spiro atoms. The third kappa shape index (κ3) is 6.51. The van der Waals surface area contributed by atoms with Crippen LogP contribution in [0.15, 0.2) is 30.9 Å². The molecule has 2 nitrogen and oxygen atoms in total. The maximum absolute atomic E-state index is 12.9. The van der Waals surface area contributed by atoms with E-state index in [1.54, 1.807) is 0 Å². The molecule has 0 heterocycles. The fourth-order valence-corrected chi connectivity index (χ4v) is 3.10. The summed E-state index contributed by atoms with van der Waals surface area (Å²) >= 11 is 0. The molecule has 0 radical (unpaired) electrons. The normalized spacial score (nSPS) is 12.0. The number of amides is 1. The fourth-order valence-electron chi connectivity index (χ4n) is 3.10. The Labute approximate surface area is 149 Å². The van der Waals surface area contributed by atoms with Gasteiger partial charge in [0.05, 0.1) is 0 Å². The highest BCUT2D eigenvalue weighted by Gasteiger charge is 2.18. The Bertz CT molecular complexity index is 521. The van der Waals surface area contributed by atoms with Crippen molar-refractivity contribution in [2.75, 3.05) is 13.6 Å². The van der Waals surface area contributed by atoms with Gasteiger partial charge in [-0.3, -0.25) is 4.79 Å². The number of hydrogen-bond donors (Lipinski definition) is 0. The van der Waals surface area contributed by atoms with Gasteiger partial charge >= 0.3 is 0 Å². The van der Waals surface area contributed by atoms with Crippen LogP contribution in [0, 0.1) is 6.92 Å². The van der Waals surface area contributed by atoms with Crippen LogP contribution in [-0.4, -0.2) is 24.4 Å². The highest BCUT2D eigenvalue weighted by Crippen LogP contribution is 2.25. The number of benzene rings is 1. The van der Waals surface area contributed by atoms with Crippen LogP contribution in [0.5, 0.6) is 0 Å². The summed E-state index contributed by atoms with van der Waals surface area (Å²) in [6.07, 6.45) is 10.3. The van der Waals surface area contributed by atoms with Gasteiger partial charge in [0.25, 0.3) is 5.91 Å². The molecule has 0 bridgehead atoms. The first-order chi connectivity index (χ1) is 11.5. The van der Waals surface area contributed by atoms with Crippen molar-refractivity contribution in [1.82, 2.24) is 4.90 Å². The summed E-state index contributed by atoms with van der Waals surface area (Å²) in [5.41, 5.74) is 3.14. The molecule has 1 atom stereocenters. The third-order valence-electron chi connectivity index (χ3n) is 4.68. The van der Waals surface area contributed by atoms with Gasteiger partial charge in [0.2, 0.25) is 0 Å². The molecule has 0 aromatic heterocycles. The molecule has 0 aliphatic heterocycles. The van der Waals surface area contributed by atoms with Crippen LogP contribution in [-0.2, 0) is 0 Å². The molecule has 0 aliphatic carbocycles. The number of carbonyl (C=O) groups excluding carboxylic acids is 1. The molecular weight excluding hydrogens is 294 g/mol. The van der Waals surface area contributed by atoms with Gasteiger partial charge in [-0.2, -0.15) is 0 Å². The van der Waals surface area contributed by atoms with E-state index >= 15 is 0 Å². The number of allylic oxidation sites excluding steroid dienone is 1. The Kier molecular flexibility index (Phi) is 9.44. The second-order valence-electron chi connectivity index (χ2n) is 7.01. The van der Waals surface area contributed by atoms with Gasteiger partial charge in [0.15, 0.2) is 0 Å². The van der Waals surface area contributed by atoms with Crippen LogP contribution in [0.4, 0.5) is 0 Å². The predicted octanol–water partition coefficient (Wildman–Crippen LogP) is 6.11. The van der Waals surface area contributed by atoms with Crippen LogP contribution in [0.3, 0.4) is 0 Å². The smallest absolute Gasteiger partial charge is 0.253 e. The molecule has 1 rings (SSSR count). The van der Waals surface area contributed by atoms with E-state index in [4.69, 9.17) is 0 Å². The Morgan fingerprint density at radius 3 is 2.54 bits per heavy atom. The van der Waals surface area contributed by atoms with Gasteiger partial charge in [-0.25, -0.2) is 0 Å². The third-order valence-corrected chi connectivity index (χ3v) is 4.68. The van der Waals surface area contributed by atoms with E-state index in [9.17, 15) is 4.79 Å². The highest BCUT2D eigenvalue weighted by molar-refractivity contribution is 5.96. The first kappa shape index (κ1) is 20.5. The quantitative estimate of drug-likeness (QED) is 0.354. The molecule has 1 amide bonds. The number of hydrogen-bond acceptors (Lipinski definition) is 1. The Hall–Kier alpha value is -1.57. The van der Waals surface area contributed by atoms with Gasteiger partial charge in [0.1, 0.15) is 0 Å². The Morgan fingerprint density at radius 1 is 1.21 bits per heavy atom. The Balaban J connectivity index is 2.68. The molecule has 0 saturated carbocycles. The number of rotatable bonds is 11. The summed E-state index contributed by atoms with van der Waals surface area (Å²) in [6.45, 7) is 11.1. The second kappa shape index (κ2) is 11.1. The zero-order valence-corrected chi connectivity index (χ0v) is 16.1. The van der Waals surface area contributed by atoms with Gasteiger partial charge in [-0.15, -0.1) is 6.58 Å². The van der Waals surface area contributed by atoms with E-state index in [-0.39, 0.29) is 5.91 Å². The molecule has 134 valence electrons. The lowest BCUT2D eigenvalue weighted by molar-refractivity contribution is 0.0791. The highest BCUT2D eigenvalue weighted by atomic mass is 16.2. The van der Waals surface area contributed by atoms with Crippen LogP contribution >= 0.6 is 0 Å². The minimum absolute atomic E-state index is 0.151. The molecule has 0 fully saturated rings. The summed E-state index contributed by atoms with van der Waals surface area (Å²) in [7, 11) is 1.93. The number of unbranched alkanes of at least 4 members (excludes halogenated alkanes) is 5. The van der Waals surface area contributed by atoms with E-state index in [0.29, 0.717) is 5.92 Å². The standard InChI is InChI=1S/C22H35NO/c1-6-8-9-10-11-12-16-23(5)22(24)21-17-18(3)14-15-20(21)19(4)13-7-2/h7,14-15,17,19H,2,6,8-13,16H2,1,3-5H3/t19-/m0/s1. The first-order valence-corrected chi connectivity index (χ1v) is 9.48. The number of aryl methyl sites for hydroxylation is 1. The monoisotopic (exact) mass is 329 g/mol. The number of carbonyl (C=O) groups is 1. The molecule has 0 N–H and O–H groups in total. The average Bonchev–Trinajstić information content (AvgIpc) is 2.57. The second-order valence-corrected chi connectivity index (χ2v) is 7.01. The summed E-state index contributed by atoms with van der Waals surface area (Å²) in [6, 6.07) is 6.24. The SMILES string of the molecule is C=CC[C@H](C)c1ccc(C)cc1C(=O)N(C)CCCCCCCC. The van der Waals surface area contributed by atoms with Crippen molar-refractivity contribution in [3.05, 3.63) is 47.5 Å². The molecule has 2 heteroatoms. The van der Waals surface area contributed by atoms with Crippen molar-refractivity contribution in [3.8, 4) is 0 Å². The van der Waals surface area contributed by atoms with Crippen molar-refractivity contribution in [3.63, 3.8) is 0 Å². The summed E-state index contributed by atoms with van der Waals surface area (Å²) < 4.78 is 0. The Morgan fingerprint density at radius 2 is 1.88 bits per heavy atom. The minimum atomic E-state index is 0.151. The molecular formula is C22H35NO. The molecule has 1 aromatic carbocycles.